The molecule has 0 unspecified atom stereocenters. The third-order valence-corrected chi connectivity index (χ3v) is 4.80. The van der Waals surface area contributed by atoms with E-state index in [1.807, 2.05) is 30.0 Å². The summed E-state index contributed by atoms with van der Waals surface area (Å²) in [7, 11) is 0. The van der Waals surface area contributed by atoms with E-state index < -0.39 is 0 Å². The maximum absolute atomic E-state index is 11.9. The molecule has 0 saturated carbocycles. The minimum atomic E-state index is 0.0264. The highest BCUT2D eigenvalue weighted by atomic mass is 35.5. The van der Waals surface area contributed by atoms with Crippen molar-refractivity contribution in [2.45, 2.75) is 19.4 Å². The quantitative estimate of drug-likeness (QED) is 0.927. The molecule has 5 heteroatoms. The number of thioether (sulfide) groups is 1. The van der Waals surface area contributed by atoms with Crippen molar-refractivity contribution in [3.63, 3.8) is 0 Å². The molecule has 104 valence electrons. The first-order valence-corrected chi connectivity index (χ1v) is 8.06. The van der Waals surface area contributed by atoms with Crippen LogP contribution in [0.1, 0.15) is 13.3 Å². The number of benzene rings is 1. The Kier molecular flexibility index (Phi) is 5.55. The van der Waals surface area contributed by atoms with Crippen LogP contribution in [-0.2, 0) is 4.79 Å². The van der Waals surface area contributed by atoms with Crippen LogP contribution in [0.5, 0.6) is 0 Å². The maximum atomic E-state index is 11.9. The summed E-state index contributed by atoms with van der Waals surface area (Å²) < 4.78 is 0. The average molecular weight is 299 g/mol. The Balaban J connectivity index is 1.80. The molecule has 1 heterocycles. The Labute approximate surface area is 123 Å². The Morgan fingerprint density at radius 1 is 1.53 bits per heavy atom. The van der Waals surface area contributed by atoms with Crippen molar-refractivity contribution >= 4 is 35.0 Å². The van der Waals surface area contributed by atoms with E-state index in [0.29, 0.717) is 23.2 Å². The van der Waals surface area contributed by atoms with Gasteiger partial charge >= 0.3 is 0 Å². The molecule has 1 atom stereocenters. The summed E-state index contributed by atoms with van der Waals surface area (Å²) in [5, 5.41) is 3.44. The minimum absolute atomic E-state index is 0.0264. The van der Waals surface area contributed by atoms with Gasteiger partial charge in [0.05, 0.1) is 10.7 Å². The molecule has 0 radical (unpaired) electrons. The molecule has 0 aromatic heterocycles. The fraction of sp³-hybridized carbons (Fsp3) is 0.500. The van der Waals surface area contributed by atoms with E-state index in [1.54, 1.807) is 6.07 Å². The van der Waals surface area contributed by atoms with Crippen molar-refractivity contribution in [3.8, 4) is 0 Å². The predicted octanol–water partition coefficient (Wildman–Crippen LogP) is 3.11. The fourth-order valence-electron chi connectivity index (χ4n) is 2.11. The third kappa shape index (κ3) is 4.41. The van der Waals surface area contributed by atoms with E-state index >= 15 is 0 Å². The van der Waals surface area contributed by atoms with Gasteiger partial charge in [0.25, 0.3) is 0 Å². The van der Waals surface area contributed by atoms with Gasteiger partial charge in [0.15, 0.2) is 0 Å². The van der Waals surface area contributed by atoms with E-state index in [2.05, 4.69) is 17.1 Å². The van der Waals surface area contributed by atoms with Crippen LogP contribution in [0.4, 0.5) is 5.69 Å². The van der Waals surface area contributed by atoms with E-state index in [9.17, 15) is 4.79 Å². The van der Waals surface area contributed by atoms with Gasteiger partial charge in [-0.2, -0.15) is 11.8 Å². The van der Waals surface area contributed by atoms with Gasteiger partial charge in [-0.3, -0.25) is 9.69 Å². The Morgan fingerprint density at radius 2 is 2.32 bits per heavy atom. The van der Waals surface area contributed by atoms with Crippen LogP contribution < -0.4 is 5.32 Å². The molecule has 0 spiro atoms. The molecule has 0 bridgehead atoms. The standard InChI is InChI=1S/C14H19ClN2OS/c1-11-10-19-9-8-17(11)7-6-14(18)16-13-5-3-2-4-12(13)15/h2-5,11H,6-10H2,1H3,(H,16,18)/t11-/m0/s1. The van der Waals surface area contributed by atoms with Crippen LogP contribution in [0.3, 0.4) is 0 Å². The van der Waals surface area contributed by atoms with E-state index in [1.165, 1.54) is 0 Å². The topological polar surface area (TPSA) is 32.3 Å². The molecule has 1 aromatic carbocycles. The van der Waals surface area contributed by atoms with Crippen molar-refractivity contribution in [3.05, 3.63) is 29.3 Å². The number of rotatable bonds is 4. The first-order valence-electron chi connectivity index (χ1n) is 6.53. The van der Waals surface area contributed by atoms with Gasteiger partial charge in [0.1, 0.15) is 0 Å². The van der Waals surface area contributed by atoms with E-state index in [4.69, 9.17) is 11.6 Å². The summed E-state index contributed by atoms with van der Waals surface area (Å²) in [6.45, 7) is 4.11. The lowest BCUT2D eigenvalue weighted by Gasteiger charge is -2.32. The van der Waals surface area contributed by atoms with Crippen LogP contribution >= 0.6 is 23.4 Å². The molecule has 1 amide bonds. The number of amides is 1. The molecule has 1 fully saturated rings. The second-order valence-electron chi connectivity index (χ2n) is 4.74. The van der Waals surface area contributed by atoms with E-state index in [-0.39, 0.29) is 5.91 Å². The summed E-state index contributed by atoms with van der Waals surface area (Å²) in [6, 6.07) is 7.88. The van der Waals surface area contributed by atoms with Crippen LogP contribution in [0, 0.1) is 0 Å². The van der Waals surface area contributed by atoms with Crippen LogP contribution in [0.25, 0.3) is 0 Å². The lowest BCUT2D eigenvalue weighted by molar-refractivity contribution is -0.116. The van der Waals surface area contributed by atoms with Gasteiger partial charge in [0.2, 0.25) is 5.91 Å². The number of hydrogen-bond donors (Lipinski definition) is 1. The molecule has 0 aliphatic carbocycles. The molecule has 3 nitrogen and oxygen atoms in total. The number of hydrogen-bond acceptors (Lipinski definition) is 3. The number of anilines is 1. The Hall–Kier alpha value is -0.710. The lowest BCUT2D eigenvalue weighted by atomic mass is 10.2. The summed E-state index contributed by atoms with van der Waals surface area (Å²) in [5.74, 6) is 2.35. The van der Waals surface area contributed by atoms with Gasteiger partial charge in [-0.25, -0.2) is 0 Å². The number of nitrogens with zero attached hydrogens (tertiary/aromatic N) is 1. The lowest BCUT2D eigenvalue weighted by Crippen LogP contribution is -2.41. The van der Waals surface area contributed by atoms with E-state index in [0.717, 1.165) is 24.6 Å². The molecule has 19 heavy (non-hydrogen) atoms. The first kappa shape index (κ1) is 14.7. The zero-order chi connectivity index (χ0) is 13.7. The van der Waals surface area contributed by atoms with Gasteiger partial charge in [-0.1, -0.05) is 23.7 Å². The molecule has 2 rings (SSSR count). The first-order chi connectivity index (χ1) is 9.16. The fourth-order valence-corrected chi connectivity index (χ4v) is 3.38. The highest BCUT2D eigenvalue weighted by Crippen LogP contribution is 2.21. The SMILES string of the molecule is C[C@H]1CSCCN1CCC(=O)Nc1ccccc1Cl. The number of nitrogens with one attached hydrogen (secondary N) is 1. The molecule has 1 aliphatic heterocycles. The van der Waals surface area contributed by atoms with Gasteiger partial charge in [0, 0.05) is 37.1 Å². The second-order valence-corrected chi connectivity index (χ2v) is 6.29. The molecule has 1 aliphatic rings. The van der Waals surface area contributed by atoms with Crippen LogP contribution in [-0.4, -0.2) is 41.4 Å². The number of carbonyl (C=O) groups excluding carboxylic acids is 1. The maximum Gasteiger partial charge on any atom is 0.225 e. The van der Waals surface area contributed by atoms with Gasteiger partial charge < -0.3 is 5.32 Å². The number of halogens is 1. The summed E-state index contributed by atoms with van der Waals surface area (Å²) in [5.41, 5.74) is 0.691. The zero-order valence-corrected chi connectivity index (χ0v) is 12.6. The van der Waals surface area contributed by atoms with Gasteiger partial charge in [-0.05, 0) is 19.1 Å². The summed E-state index contributed by atoms with van der Waals surface area (Å²) in [6.07, 6.45) is 0.514. The molecular weight excluding hydrogens is 280 g/mol. The smallest absolute Gasteiger partial charge is 0.225 e. The highest BCUT2D eigenvalue weighted by Gasteiger charge is 2.19. The number of carbonyl (C=O) groups is 1. The minimum Gasteiger partial charge on any atom is -0.325 e. The van der Waals surface area contributed by atoms with Crippen molar-refractivity contribution in [1.82, 2.24) is 4.90 Å². The molecule has 1 N–H and O–H groups in total. The van der Waals surface area contributed by atoms with Crippen molar-refractivity contribution in [2.75, 3.05) is 29.9 Å². The second kappa shape index (κ2) is 7.17. The Morgan fingerprint density at radius 3 is 3.05 bits per heavy atom. The molecule has 1 aromatic rings. The number of para-hydroxylation sites is 1. The zero-order valence-electron chi connectivity index (χ0n) is 11.1. The Bertz CT molecular complexity index is 441. The predicted molar refractivity (Wildman–Crippen MR) is 83.1 cm³/mol. The van der Waals surface area contributed by atoms with Crippen molar-refractivity contribution < 1.29 is 4.79 Å². The highest BCUT2D eigenvalue weighted by molar-refractivity contribution is 7.99. The van der Waals surface area contributed by atoms with Crippen LogP contribution in [0.15, 0.2) is 24.3 Å². The monoisotopic (exact) mass is 298 g/mol. The van der Waals surface area contributed by atoms with Crippen molar-refractivity contribution in [2.24, 2.45) is 0 Å². The van der Waals surface area contributed by atoms with Crippen LogP contribution in [0.2, 0.25) is 5.02 Å². The largest absolute Gasteiger partial charge is 0.325 e. The van der Waals surface area contributed by atoms with Gasteiger partial charge in [-0.15, -0.1) is 0 Å². The summed E-state index contributed by atoms with van der Waals surface area (Å²) >= 11 is 8.00. The summed E-state index contributed by atoms with van der Waals surface area (Å²) in [4.78, 5) is 14.3. The normalized spacial score (nSPS) is 20.2. The van der Waals surface area contributed by atoms with Crippen molar-refractivity contribution in [1.29, 1.82) is 0 Å². The molecular formula is C14H19ClN2OS. The average Bonchev–Trinajstić information content (AvgIpc) is 2.40. The molecule has 1 saturated heterocycles. The third-order valence-electron chi connectivity index (χ3n) is 3.28.